The quantitative estimate of drug-likeness (QED) is 0.0190. The number of carbonyl (C=O) groups excluding carboxylic acids is 5. The lowest BCUT2D eigenvalue weighted by atomic mass is 9.85. The van der Waals surface area contributed by atoms with Gasteiger partial charge in [-0.1, -0.05) is 69.3 Å². The Kier molecular flexibility index (Phi) is 24.0. The number of amides is 4. The van der Waals surface area contributed by atoms with Crippen molar-refractivity contribution in [1.82, 2.24) is 20.5 Å². The number of benzene rings is 4. The maximum atomic E-state index is 14.6. The van der Waals surface area contributed by atoms with Crippen molar-refractivity contribution in [3.8, 4) is 33.4 Å². The van der Waals surface area contributed by atoms with E-state index in [1.54, 1.807) is 53.8 Å². The first-order valence-electron chi connectivity index (χ1n) is 29.5. The van der Waals surface area contributed by atoms with Gasteiger partial charge < -0.3 is 53.3 Å². The summed E-state index contributed by atoms with van der Waals surface area (Å²) in [5.74, 6) is -1.89. The molecule has 5 aromatic rings. The predicted octanol–water partition coefficient (Wildman–Crippen LogP) is 9.27. The first kappa shape index (κ1) is 69.1. The average molecular weight is 1270 g/mol. The number of nitriles is 1. The molecule has 1 aromatic heterocycles. The molecule has 0 spiro atoms. The van der Waals surface area contributed by atoms with E-state index in [1.165, 1.54) is 11.0 Å². The van der Waals surface area contributed by atoms with Crippen molar-refractivity contribution in [2.24, 2.45) is 5.41 Å². The summed E-state index contributed by atoms with van der Waals surface area (Å²) >= 11 is 7.24. The van der Waals surface area contributed by atoms with E-state index < -0.39 is 76.0 Å². The summed E-state index contributed by atoms with van der Waals surface area (Å²) in [6.07, 6.45) is -4.44. The maximum Gasteiger partial charge on any atom is 0.417 e. The topological polar surface area (TPSA) is 211 Å². The molecule has 89 heavy (non-hydrogen) atoms. The highest BCUT2D eigenvalue weighted by Gasteiger charge is 2.51. The van der Waals surface area contributed by atoms with Gasteiger partial charge >= 0.3 is 12.1 Å². The number of nitrogens with one attached hydrogen (secondary N) is 2. The van der Waals surface area contributed by atoms with Gasteiger partial charge in [-0.2, -0.15) is 18.4 Å². The number of alkyl halides is 3. The summed E-state index contributed by atoms with van der Waals surface area (Å²) in [7, 11) is 6.29. The zero-order chi connectivity index (χ0) is 64.7. The third-order valence-electron chi connectivity index (χ3n) is 14.9. The minimum absolute atomic E-state index is 0.00502. The number of quaternary nitrogens is 1. The van der Waals surface area contributed by atoms with Gasteiger partial charge in [-0.15, -0.1) is 11.3 Å². The Balaban J connectivity index is 0.862. The Bertz CT molecular complexity index is 3290. The molecule has 0 aliphatic carbocycles. The van der Waals surface area contributed by atoms with Crippen LogP contribution >= 0.6 is 23.6 Å². The molecular formula is C65H80F3N8O11S2+. The Morgan fingerprint density at radius 1 is 0.820 bits per heavy atom. The van der Waals surface area contributed by atoms with Crippen LogP contribution in [0.1, 0.15) is 82.7 Å². The molecule has 2 N–H and O–H groups in total. The molecule has 3 atom stereocenters. The lowest BCUT2D eigenvalue weighted by Crippen LogP contribution is -2.58. The van der Waals surface area contributed by atoms with Gasteiger partial charge in [0, 0.05) is 25.3 Å². The summed E-state index contributed by atoms with van der Waals surface area (Å²) < 4.78 is 76.7. The van der Waals surface area contributed by atoms with E-state index in [0.717, 1.165) is 60.9 Å². The lowest BCUT2D eigenvalue weighted by molar-refractivity contribution is -0.870. The second-order valence-electron chi connectivity index (χ2n) is 24.3. The van der Waals surface area contributed by atoms with Gasteiger partial charge in [-0.25, -0.2) is 4.98 Å². The number of thiocarbonyl (C=S) groups is 1. The van der Waals surface area contributed by atoms with Gasteiger partial charge in [-0.05, 0) is 116 Å². The number of nitrogens with zero attached hydrogens (tertiary/aromatic N) is 6. The number of likely N-dealkylation sites (N-methyl/N-ethyl adjacent to an activating group) is 1. The highest BCUT2D eigenvalue weighted by Crippen LogP contribution is 2.40. The molecule has 0 unspecified atom stereocenters. The number of halogens is 3. The number of unbranched alkanes of at least 4 members (excludes halogenated alkanes) is 1. The monoisotopic (exact) mass is 1270 g/mol. The van der Waals surface area contributed by atoms with Crippen molar-refractivity contribution in [3.63, 3.8) is 0 Å². The van der Waals surface area contributed by atoms with Crippen LogP contribution in [0, 0.1) is 23.7 Å². The number of ether oxygens (including phenoxy) is 6. The third kappa shape index (κ3) is 19.1. The summed E-state index contributed by atoms with van der Waals surface area (Å²) in [5, 5.41) is 15.1. The molecule has 4 aromatic carbocycles. The van der Waals surface area contributed by atoms with Crippen molar-refractivity contribution >= 4 is 69.6 Å². The van der Waals surface area contributed by atoms with Gasteiger partial charge in [0.15, 0.2) is 5.11 Å². The molecular weight excluding hydrogens is 1190 g/mol. The van der Waals surface area contributed by atoms with Gasteiger partial charge in [0.05, 0.1) is 119 Å². The molecule has 3 heterocycles. The average Bonchev–Trinajstić information content (AvgIpc) is 1.75. The summed E-state index contributed by atoms with van der Waals surface area (Å²) in [6, 6.07) is 25.0. The van der Waals surface area contributed by atoms with Crippen LogP contribution < -0.4 is 25.2 Å². The Morgan fingerprint density at radius 3 is 2.03 bits per heavy atom. The van der Waals surface area contributed by atoms with Crippen LogP contribution in [0.3, 0.4) is 0 Å². The molecule has 2 aliphatic heterocycles. The van der Waals surface area contributed by atoms with Crippen molar-refractivity contribution < 1.29 is 70.0 Å². The van der Waals surface area contributed by atoms with E-state index in [9.17, 15) is 42.4 Å². The number of likely N-dealkylation sites (tertiary alicyclic amines) is 1. The summed E-state index contributed by atoms with van der Waals surface area (Å²) in [6.45, 7) is 14.2. The van der Waals surface area contributed by atoms with Crippen LogP contribution in [0.15, 0.2) is 96.5 Å². The number of hydrogen-bond donors (Lipinski definition) is 2. The van der Waals surface area contributed by atoms with Crippen molar-refractivity contribution in [1.29, 1.82) is 5.26 Å². The van der Waals surface area contributed by atoms with Crippen LogP contribution in [-0.2, 0) is 60.4 Å². The van der Waals surface area contributed by atoms with Crippen LogP contribution in [0.4, 0.5) is 24.5 Å². The van der Waals surface area contributed by atoms with E-state index in [4.69, 9.17) is 40.6 Å². The fraction of sp³-hybridized carbons (Fsp3) is 0.477. The van der Waals surface area contributed by atoms with Crippen LogP contribution in [-0.4, -0.2) is 166 Å². The molecule has 2 fully saturated rings. The second-order valence-corrected chi connectivity index (χ2v) is 25.6. The van der Waals surface area contributed by atoms with E-state index in [0.29, 0.717) is 57.3 Å². The van der Waals surface area contributed by atoms with Gasteiger partial charge in [-0.3, -0.25) is 28.9 Å². The lowest BCUT2D eigenvalue weighted by Gasteiger charge is -2.35. The highest BCUT2D eigenvalue weighted by atomic mass is 32.1. The Morgan fingerprint density at radius 2 is 1.43 bits per heavy atom. The number of rotatable bonds is 30. The SMILES string of the molecule is Cc1ncsc1-c1ccc(CNC(=O)[C@@H]2C[C@@H](OC(=O)CCOCCOCCOCC[N+](C)(C)C)CN2C(=O)[C@@H](NC(=O)COCCCCOc2ccc(-c3ccc(N4C(=S)N(c5ccc(C#N)c(C(F)(F)F)c5)C(=O)C4(C)C)cc3)cc2)C(C)(C)C)cc1. The first-order valence-corrected chi connectivity index (χ1v) is 30.8. The fourth-order valence-corrected chi connectivity index (χ4v) is 11.3. The number of thiazole rings is 1. The van der Waals surface area contributed by atoms with Gasteiger partial charge in [0.1, 0.15) is 42.6 Å². The largest absolute Gasteiger partial charge is 0.494 e. The van der Waals surface area contributed by atoms with E-state index in [1.807, 2.05) is 88.4 Å². The van der Waals surface area contributed by atoms with E-state index in [-0.39, 0.29) is 63.2 Å². The minimum atomic E-state index is -4.82. The highest BCUT2D eigenvalue weighted by molar-refractivity contribution is 7.81. The van der Waals surface area contributed by atoms with Crippen LogP contribution in [0.25, 0.3) is 21.6 Å². The molecule has 7 rings (SSSR count). The smallest absolute Gasteiger partial charge is 0.417 e. The Labute approximate surface area is 527 Å². The molecule has 0 bridgehead atoms. The molecule has 19 nitrogen and oxygen atoms in total. The van der Waals surface area contributed by atoms with Gasteiger partial charge in [0.25, 0.3) is 5.91 Å². The van der Waals surface area contributed by atoms with Crippen molar-refractivity contribution in [3.05, 3.63) is 119 Å². The molecule has 0 radical (unpaired) electrons. The zero-order valence-corrected chi connectivity index (χ0v) is 53.5. The first-order chi connectivity index (χ1) is 42.2. The Hall–Kier alpha value is -7.37. The van der Waals surface area contributed by atoms with Crippen LogP contribution in [0.2, 0.25) is 0 Å². The number of aryl methyl sites for hydroxylation is 1. The number of carbonyl (C=O) groups is 5. The molecule has 478 valence electrons. The normalized spacial score (nSPS) is 16.3. The standard InChI is InChI=1S/C65H79F3N8O11S2/c1-43-57(89-42-71-43)47-14-12-44(13-15-47)39-70-59(79)54-37-52(87-56(78)26-30-82-32-34-84-35-33-83-31-27-76(7,8)9)40-73(54)60(80)58(63(2,3)4)72-55(77)41-85-28-10-11-29-86-51-24-19-46(20-25-51)45-16-21-49(22-17-45)75-62(88)74(61(81)64(75,5)6)50-23-18-48(38-69)53(36-50)65(66,67)68/h12-25,36,42,52,54,58H,10-11,26-35,37,39-41H2,1-9H3,(H-,70,72,77,79)/p+1/t52-,54+,58-/m1/s1. The molecule has 24 heteroatoms. The summed E-state index contributed by atoms with van der Waals surface area (Å²) in [5.41, 5.74) is 2.99. The molecule has 0 saturated carbocycles. The fourth-order valence-electron chi connectivity index (χ4n) is 10.00. The molecule has 2 saturated heterocycles. The third-order valence-corrected chi connectivity index (χ3v) is 16.3. The van der Waals surface area contributed by atoms with Crippen molar-refractivity contribution in [2.75, 3.05) is 103 Å². The van der Waals surface area contributed by atoms with Crippen LogP contribution in [0.5, 0.6) is 5.75 Å². The number of hydrogen-bond acceptors (Lipinski definition) is 15. The predicted molar refractivity (Wildman–Crippen MR) is 336 cm³/mol. The molecule has 4 amide bonds. The number of anilines is 2. The maximum absolute atomic E-state index is 14.6. The van der Waals surface area contributed by atoms with Gasteiger partial charge in [0.2, 0.25) is 17.7 Å². The molecule has 2 aliphatic rings. The van der Waals surface area contributed by atoms with E-state index >= 15 is 0 Å². The number of aromatic nitrogens is 1. The summed E-state index contributed by atoms with van der Waals surface area (Å²) in [4.78, 5) is 78.4. The zero-order valence-electron chi connectivity index (χ0n) is 51.9. The minimum Gasteiger partial charge on any atom is -0.494 e. The van der Waals surface area contributed by atoms with E-state index in [2.05, 4.69) is 36.8 Å². The second kappa shape index (κ2) is 30.9. The number of esters is 1. The van der Waals surface area contributed by atoms with Crippen molar-refractivity contribution in [2.45, 2.75) is 104 Å².